The zero-order valence-electron chi connectivity index (χ0n) is 12.7. The number of hydrogen-bond acceptors (Lipinski definition) is 2. The highest BCUT2D eigenvalue weighted by molar-refractivity contribution is 5.78. The highest BCUT2D eigenvalue weighted by Gasteiger charge is 2.27. The molecule has 0 aromatic rings. The Morgan fingerprint density at radius 3 is 2.60 bits per heavy atom. The zero-order valence-corrected chi connectivity index (χ0v) is 12.7. The summed E-state index contributed by atoms with van der Waals surface area (Å²) in [6.45, 7) is 3.46. The van der Waals surface area contributed by atoms with E-state index >= 15 is 0 Å². The molecule has 1 heterocycles. The van der Waals surface area contributed by atoms with Gasteiger partial charge in [-0.25, -0.2) is 0 Å². The number of likely N-dealkylation sites (tertiary alicyclic amines) is 1. The Kier molecular flexibility index (Phi) is 4.81. The molecule has 1 saturated heterocycles. The molecule has 0 spiro atoms. The summed E-state index contributed by atoms with van der Waals surface area (Å²) in [5, 5.41) is 3.28. The molecule has 4 heteroatoms. The number of nitrogens with one attached hydrogen (secondary N) is 1. The molecule has 4 nitrogen and oxygen atoms in total. The summed E-state index contributed by atoms with van der Waals surface area (Å²) < 4.78 is 0. The van der Waals surface area contributed by atoms with E-state index in [-0.39, 0.29) is 0 Å². The monoisotopic (exact) mass is 278 g/mol. The quantitative estimate of drug-likeness (QED) is 0.598. The van der Waals surface area contributed by atoms with E-state index in [4.69, 9.17) is 5.73 Å². The Balaban J connectivity index is 1.44. The molecule has 0 bridgehead atoms. The topological polar surface area (TPSA) is 53.6 Å². The predicted octanol–water partition coefficient (Wildman–Crippen LogP) is 2.10. The molecule has 114 valence electrons. The van der Waals surface area contributed by atoms with Crippen LogP contribution in [0.2, 0.25) is 0 Å². The third-order valence-corrected chi connectivity index (χ3v) is 5.12. The molecule has 20 heavy (non-hydrogen) atoms. The van der Waals surface area contributed by atoms with Crippen LogP contribution in [0.15, 0.2) is 4.99 Å². The lowest BCUT2D eigenvalue weighted by atomic mass is 9.89. The van der Waals surface area contributed by atoms with Crippen molar-refractivity contribution in [3.05, 3.63) is 0 Å². The second kappa shape index (κ2) is 6.79. The third-order valence-electron chi connectivity index (χ3n) is 5.12. The largest absolute Gasteiger partial charge is 0.370 e. The van der Waals surface area contributed by atoms with Gasteiger partial charge in [-0.1, -0.05) is 19.3 Å². The van der Waals surface area contributed by atoms with Crippen molar-refractivity contribution >= 4 is 5.96 Å². The first kappa shape index (κ1) is 14.2. The van der Waals surface area contributed by atoms with Crippen molar-refractivity contribution in [2.24, 2.45) is 16.6 Å². The SMILES string of the molecule is NC(=NCC1CCCN1CC1CCCCC1)NC1CC1. The summed E-state index contributed by atoms with van der Waals surface area (Å²) >= 11 is 0. The maximum atomic E-state index is 5.94. The number of nitrogens with two attached hydrogens (primary N) is 1. The molecule has 2 saturated carbocycles. The minimum atomic E-state index is 0.612. The van der Waals surface area contributed by atoms with Gasteiger partial charge in [-0.05, 0) is 51.0 Å². The van der Waals surface area contributed by atoms with Crippen LogP contribution in [-0.2, 0) is 0 Å². The standard InChI is InChI=1S/C16H30N4/c17-16(19-14-8-9-14)18-11-15-7-4-10-20(15)12-13-5-2-1-3-6-13/h13-15H,1-12H2,(H3,17,18,19). The number of rotatable bonds is 5. The van der Waals surface area contributed by atoms with E-state index < -0.39 is 0 Å². The first-order chi connectivity index (χ1) is 9.81. The summed E-state index contributed by atoms with van der Waals surface area (Å²) in [5.41, 5.74) is 5.94. The van der Waals surface area contributed by atoms with Crippen LogP contribution in [-0.4, -0.2) is 42.6 Å². The van der Waals surface area contributed by atoms with Crippen molar-refractivity contribution in [3.63, 3.8) is 0 Å². The number of hydrogen-bond donors (Lipinski definition) is 2. The maximum absolute atomic E-state index is 5.94. The van der Waals surface area contributed by atoms with Gasteiger partial charge in [-0.3, -0.25) is 9.89 Å². The molecular weight excluding hydrogens is 248 g/mol. The Morgan fingerprint density at radius 2 is 1.85 bits per heavy atom. The van der Waals surface area contributed by atoms with E-state index in [1.165, 1.54) is 70.9 Å². The third kappa shape index (κ3) is 4.11. The fourth-order valence-electron chi connectivity index (χ4n) is 3.73. The van der Waals surface area contributed by atoms with E-state index in [2.05, 4.69) is 15.2 Å². The van der Waals surface area contributed by atoms with E-state index in [1.54, 1.807) is 0 Å². The van der Waals surface area contributed by atoms with Gasteiger partial charge in [0.2, 0.25) is 0 Å². The Bertz CT molecular complexity index is 331. The van der Waals surface area contributed by atoms with Crippen molar-refractivity contribution in [2.45, 2.75) is 69.9 Å². The van der Waals surface area contributed by atoms with E-state index in [9.17, 15) is 0 Å². The Hall–Kier alpha value is -0.770. The van der Waals surface area contributed by atoms with Crippen LogP contribution in [0.25, 0.3) is 0 Å². The normalized spacial score (nSPS) is 29.8. The highest BCUT2D eigenvalue weighted by atomic mass is 15.2. The molecule has 0 radical (unpaired) electrons. The molecule has 3 fully saturated rings. The average Bonchev–Trinajstić information content (AvgIpc) is 3.16. The van der Waals surface area contributed by atoms with Crippen LogP contribution in [0, 0.1) is 5.92 Å². The van der Waals surface area contributed by atoms with Crippen LogP contribution in [0.1, 0.15) is 57.8 Å². The minimum absolute atomic E-state index is 0.612. The number of nitrogens with zero attached hydrogens (tertiary/aromatic N) is 2. The van der Waals surface area contributed by atoms with Crippen molar-refractivity contribution in [3.8, 4) is 0 Å². The van der Waals surface area contributed by atoms with Gasteiger partial charge in [0.15, 0.2) is 5.96 Å². The summed E-state index contributed by atoms with van der Waals surface area (Å²) in [6.07, 6.45) is 12.4. The molecule has 2 aliphatic carbocycles. The van der Waals surface area contributed by atoms with E-state index in [1.807, 2.05) is 0 Å². The summed E-state index contributed by atoms with van der Waals surface area (Å²) in [5.74, 6) is 1.60. The molecule has 1 atom stereocenters. The van der Waals surface area contributed by atoms with Gasteiger partial charge >= 0.3 is 0 Å². The molecule has 0 aromatic heterocycles. The van der Waals surface area contributed by atoms with Crippen molar-refractivity contribution in [1.29, 1.82) is 0 Å². The lowest BCUT2D eigenvalue weighted by molar-refractivity contribution is 0.191. The number of aliphatic imine (C=N–C) groups is 1. The van der Waals surface area contributed by atoms with Crippen molar-refractivity contribution in [1.82, 2.24) is 10.2 Å². The van der Waals surface area contributed by atoms with Gasteiger partial charge < -0.3 is 11.1 Å². The fraction of sp³-hybridized carbons (Fsp3) is 0.938. The van der Waals surface area contributed by atoms with Crippen LogP contribution in [0.3, 0.4) is 0 Å². The summed E-state index contributed by atoms with van der Waals surface area (Å²) in [6, 6.07) is 1.25. The number of guanidine groups is 1. The van der Waals surface area contributed by atoms with Crippen LogP contribution in [0.4, 0.5) is 0 Å². The van der Waals surface area contributed by atoms with E-state index in [0.29, 0.717) is 18.0 Å². The second-order valence-electron chi connectivity index (χ2n) is 6.94. The average molecular weight is 278 g/mol. The summed E-state index contributed by atoms with van der Waals surface area (Å²) in [7, 11) is 0. The molecule has 3 rings (SSSR count). The van der Waals surface area contributed by atoms with Gasteiger partial charge in [0, 0.05) is 18.6 Å². The van der Waals surface area contributed by atoms with Crippen LogP contribution >= 0.6 is 0 Å². The first-order valence-electron chi connectivity index (χ1n) is 8.62. The molecular formula is C16H30N4. The van der Waals surface area contributed by atoms with Gasteiger partial charge in [-0.2, -0.15) is 0 Å². The Morgan fingerprint density at radius 1 is 1.05 bits per heavy atom. The summed E-state index contributed by atoms with van der Waals surface area (Å²) in [4.78, 5) is 7.26. The molecule has 3 N–H and O–H groups in total. The fourth-order valence-corrected chi connectivity index (χ4v) is 3.73. The second-order valence-corrected chi connectivity index (χ2v) is 6.94. The zero-order chi connectivity index (χ0) is 13.8. The van der Waals surface area contributed by atoms with Crippen LogP contribution in [0.5, 0.6) is 0 Å². The Labute approximate surface area is 123 Å². The van der Waals surface area contributed by atoms with Gasteiger partial charge in [0.1, 0.15) is 0 Å². The van der Waals surface area contributed by atoms with Crippen molar-refractivity contribution < 1.29 is 0 Å². The molecule has 3 aliphatic rings. The maximum Gasteiger partial charge on any atom is 0.188 e. The highest BCUT2D eigenvalue weighted by Crippen LogP contribution is 2.27. The van der Waals surface area contributed by atoms with Crippen molar-refractivity contribution in [2.75, 3.05) is 19.6 Å². The van der Waals surface area contributed by atoms with Gasteiger partial charge in [0.25, 0.3) is 0 Å². The van der Waals surface area contributed by atoms with Crippen LogP contribution < -0.4 is 11.1 Å². The smallest absolute Gasteiger partial charge is 0.188 e. The van der Waals surface area contributed by atoms with E-state index in [0.717, 1.165) is 12.5 Å². The lowest BCUT2D eigenvalue weighted by Crippen LogP contribution is -2.38. The molecule has 1 unspecified atom stereocenters. The molecule has 1 aliphatic heterocycles. The molecule has 0 amide bonds. The minimum Gasteiger partial charge on any atom is -0.370 e. The predicted molar refractivity (Wildman–Crippen MR) is 83.8 cm³/mol. The first-order valence-corrected chi connectivity index (χ1v) is 8.62. The molecule has 0 aromatic carbocycles. The lowest BCUT2D eigenvalue weighted by Gasteiger charge is -2.30. The van der Waals surface area contributed by atoms with Gasteiger partial charge in [-0.15, -0.1) is 0 Å². The van der Waals surface area contributed by atoms with Gasteiger partial charge in [0.05, 0.1) is 6.54 Å².